The molecule has 1 saturated carbocycles. The second-order valence-electron chi connectivity index (χ2n) is 4.26. The SMILES string of the molecule is CC(C#N)(CCSc1nccs1)NC1CC1. The monoisotopic (exact) mass is 253 g/mol. The average molecular weight is 253 g/mol. The molecule has 1 fully saturated rings. The van der Waals surface area contributed by atoms with Crippen molar-refractivity contribution in [3.05, 3.63) is 11.6 Å². The smallest absolute Gasteiger partial charge is 0.149 e. The molecule has 0 aromatic carbocycles. The van der Waals surface area contributed by atoms with Gasteiger partial charge in [0.2, 0.25) is 0 Å². The van der Waals surface area contributed by atoms with Crippen LogP contribution >= 0.6 is 23.1 Å². The van der Waals surface area contributed by atoms with Crippen molar-refractivity contribution in [2.45, 2.75) is 42.1 Å². The van der Waals surface area contributed by atoms with Crippen molar-refractivity contribution in [3.8, 4) is 6.07 Å². The second kappa shape index (κ2) is 5.17. The van der Waals surface area contributed by atoms with Gasteiger partial charge in [0.25, 0.3) is 0 Å². The molecular weight excluding hydrogens is 238 g/mol. The summed E-state index contributed by atoms with van der Waals surface area (Å²) in [4.78, 5) is 4.21. The fourth-order valence-electron chi connectivity index (χ4n) is 1.46. The number of aromatic nitrogens is 1. The quantitative estimate of drug-likeness (QED) is 0.792. The molecule has 1 atom stereocenters. The van der Waals surface area contributed by atoms with E-state index in [0.717, 1.165) is 16.5 Å². The summed E-state index contributed by atoms with van der Waals surface area (Å²) in [5, 5.41) is 14.6. The Morgan fingerprint density at radius 2 is 2.56 bits per heavy atom. The van der Waals surface area contributed by atoms with Crippen LogP contribution in [0.2, 0.25) is 0 Å². The highest BCUT2D eigenvalue weighted by molar-refractivity contribution is 8.00. The maximum atomic E-state index is 9.18. The zero-order valence-corrected chi connectivity index (χ0v) is 10.9. The molecule has 1 heterocycles. The molecule has 1 aromatic heterocycles. The molecular formula is C11H15N3S2. The van der Waals surface area contributed by atoms with Gasteiger partial charge in [-0.2, -0.15) is 5.26 Å². The molecule has 16 heavy (non-hydrogen) atoms. The van der Waals surface area contributed by atoms with Crippen LogP contribution in [0, 0.1) is 11.3 Å². The van der Waals surface area contributed by atoms with Crippen LogP contribution in [0.15, 0.2) is 15.9 Å². The van der Waals surface area contributed by atoms with Crippen molar-refractivity contribution in [1.29, 1.82) is 5.26 Å². The van der Waals surface area contributed by atoms with Gasteiger partial charge in [0, 0.05) is 23.4 Å². The van der Waals surface area contributed by atoms with E-state index in [1.54, 1.807) is 23.1 Å². The van der Waals surface area contributed by atoms with Crippen molar-refractivity contribution < 1.29 is 0 Å². The largest absolute Gasteiger partial charge is 0.297 e. The lowest BCUT2D eigenvalue weighted by atomic mass is 10.0. The summed E-state index contributed by atoms with van der Waals surface area (Å²) in [7, 11) is 0. The van der Waals surface area contributed by atoms with Gasteiger partial charge in [0.15, 0.2) is 0 Å². The first-order valence-electron chi connectivity index (χ1n) is 5.43. The average Bonchev–Trinajstić information content (AvgIpc) is 2.92. The summed E-state index contributed by atoms with van der Waals surface area (Å²) in [6.07, 6.45) is 5.12. The molecule has 0 radical (unpaired) electrons. The lowest BCUT2D eigenvalue weighted by Gasteiger charge is -2.22. The van der Waals surface area contributed by atoms with Crippen molar-refractivity contribution in [1.82, 2.24) is 10.3 Å². The van der Waals surface area contributed by atoms with E-state index in [-0.39, 0.29) is 5.54 Å². The van der Waals surface area contributed by atoms with Crippen molar-refractivity contribution in [3.63, 3.8) is 0 Å². The lowest BCUT2D eigenvalue weighted by molar-refractivity contribution is 0.434. The van der Waals surface area contributed by atoms with E-state index in [0.29, 0.717) is 6.04 Å². The zero-order chi connectivity index (χ0) is 11.4. The number of nitrogens with zero attached hydrogens (tertiary/aromatic N) is 2. The molecule has 1 aromatic rings. The summed E-state index contributed by atoms with van der Waals surface area (Å²) < 4.78 is 1.09. The van der Waals surface area contributed by atoms with Crippen LogP contribution in [0.3, 0.4) is 0 Å². The Hall–Kier alpha value is -0.570. The first-order valence-corrected chi connectivity index (χ1v) is 7.30. The molecule has 1 N–H and O–H groups in total. The van der Waals surface area contributed by atoms with Gasteiger partial charge in [-0.05, 0) is 26.2 Å². The highest BCUT2D eigenvalue weighted by Gasteiger charge is 2.32. The molecule has 0 aliphatic heterocycles. The molecule has 1 unspecified atom stereocenters. The standard InChI is InChI=1S/C11H15N3S2/c1-11(8-12,14-9-2-3-9)4-6-15-10-13-5-7-16-10/h5,7,9,14H,2-4,6H2,1H3. The van der Waals surface area contributed by atoms with Crippen molar-refractivity contribution >= 4 is 23.1 Å². The third-order valence-electron chi connectivity index (χ3n) is 2.58. The van der Waals surface area contributed by atoms with E-state index < -0.39 is 0 Å². The molecule has 1 aliphatic rings. The van der Waals surface area contributed by atoms with E-state index in [9.17, 15) is 5.26 Å². The van der Waals surface area contributed by atoms with Crippen LogP contribution in [-0.4, -0.2) is 22.3 Å². The number of nitriles is 1. The van der Waals surface area contributed by atoms with E-state index in [1.165, 1.54) is 12.8 Å². The van der Waals surface area contributed by atoms with Crippen LogP contribution in [-0.2, 0) is 0 Å². The Balaban J connectivity index is 1.76. The predicted octanol–water partition coefficient (Wildman–Crippen LogP) is 2.66. The topological polar surface area (TPSA) is 48.7 Å². The highest BCUT2D eigenvalue weighted by atomic mass is 32.2. The molecule has 0 spiro atoms. The lowest BCUT2D eigenvalue weighted by Crippen LogP contribution is -2.42. The van der Waals surface area contributed by atoms with Gasteiger partial charge in [-0.25, -0.2) is 4.98 Å². The van der Waals surface area contributed by atoms with Gasteiger partial charge in [0.05, 0.1) is 6.07 Å². The maximum Gasteiger partial charge on any atom is 0.149 e. The fourth-order valence-corrected chi connectivity index (χ4v) is 3.33. The normalized spacial score (nSPS) is 19.0. The van der Waals surface area contributed by atoms with Gasteiger partial charge in [-0.15, -0.1) is 11.3 Å². The molecule has 0 saturated heterocycles. The Kier molecular flexibility index (Phi) is 3.85. The molecule has 1 aliphatic carbocycles. The Labute approximate surface area is 104 Å². The summed E-state index contributed by atoms with van der Waals surface area (Å²) in [5.74, 6) is 0.942. The first kappa shape index (κ1) is 11.9. The van der Waals surface area contributed by atoms with Gasteiger partial charge in [-0.1, -0.05) is 11.8 Å². The second-order valence-corrected chi connectivity index (χ2v) is 6.50. The Morgan fingerprint density at radius 3 is 3.12 bits per heavy atom. The molecule has 0 amide bonds. The number of hydrogen-bond acceptors (Lipinski definition) is 5. The van der Waals surface area contributed by atoms with Crippen LogP contribution in [0.25, 0.3) is 0 Å². The molecule has 2 rings (SSSR count). The van der Waals surface area contributed by atoms with E-state index in [2.05, 4.69) is 16.4 Å². The van der Waals surface area contributed by atoms with E-state index in [1.807, 2.05) is 18.5 Å². The first-order chi connectivity index (χ1) is 7.72. The third-order valence-corrected chi connectivity index (χ3v) is 4.55. The molecule has 0 bridgehead atoms. The molecule has 5 heteroatoms. The minimum atomic E-state index is -0.370. The molecule has 86 valence electrons. The Bertz CT molecular complexity index is 367. The number of hydrogen-bond donors (Lipinski definition) is 1. The predicted molar refractivity (Wildman–Crippen MR) is 67.6 cm³/mol. The number of nitrogens with one attached hydrogen (secondary N) is 1. The Morgan fingerprint density at radius 1 is 1.75 bits per heavy atom. The number of thiazole rings is 1. The fraction of sp³-hybridized carbons (Fsp3) is 0.636. The summed E-state index contributed by atoms with van der Waals surface area (Å²) in [5.41, 5.74) is -0.370. The van der Waals surface area contributed by atoms with Crippen molar-refractivity contribution in [2.24, 2.45) is 0 Å². The summed E-state index contributed by atoms with van der Waals surface area (Å²) >= 11 is 3.39. The van der Waals surface area contributed by atoms with Crippen LogP contribution in [0.1, 0.15) is 26.2 Å². The van der Waals surface area contributed by atoms with E-state index in [4.69, 9.17) is 0 Å². The third kappa shape index (κ3) is 3.48. The molecule has 3 nitrogen and oxygen atoms in total. The van der Waals surface area contributed by atoms with Crippen molar-refractivity contribution in [2.75, 3.05) is 5.75 Å². The van der Waals surface area contributed by atoms with Gasteiger partial charge in [0.1, 0.15) is 9.88 Å². The van der Waals surface area contributed by atoms with Gasteiger partial charge in [-0.3, -0.25) is 5.32 Å². The minimum Gasteiger partial charge on any atom is -0.297 e. The van der Waals surface area contributed by atoms with Gasteiger partial charge < -0.3 is 0 Å². The maximum absolute atomic E-state index is 9.18. The summed E-state index contributed by atoms with van der Waals surface area (Å²) in [6, 6.07) is 2.97. The van der Waals surface area contributed by atoms with E-state index >= 15 is 0 Å². The van der Waals surface area contributed by atoms with Crippen LogP contribution in [0.4, 0.5) is 0 Å². The van der Waals surface area contributed by atoms with Gasteiger partial charge >= 0.3 is 0 Å². The van der Waals surface area contributed by atoms with Crippen LogP contribution < -0.4 is 5.32 Å². The number of rotatable bonds is 6. The highest BCUT2D eigenvalue weighted by Crippen LogP contribution is 2.27. The number of thioether (sulfide) groups is 1. The zero-order valence-electron chi connectivity index (χ0n) is 9.27. The summed E-state index contributed by atoms with van der Waals surface area (Å²) in [6.45, 7) is 1.99. The minimum absolute atomic E-state index is 0.370. The van der Waals surface area contributed by atoms with Crippen LogP contribution in [0.5, 0.6) is 0 Å².